The van der Waals surface area contributed by atoms with E-state index in [1.165, 1.54) is 17.0 Å². The molecular formula is C24H27CaNO4. The number of rotatable bonds is 10. The summed E-state index contributed by atoms with van der Waals surface area (Å²) < 4.78 is 13.4. The van der Waals surface area contributed by atoms with Crippen molar-refractivity contribution in [2.24, 2.45) is 0 Å². The Labute approximate surface area is 207 Å². The van der Waals surface area contributed by atoms with Crippen molar-refractivity contribution < 1.29 is 19.4 Å². The molecule has 0 aliphatic rings. The fourth-order valence-corrected chi connectivity index (χ4v) is 3.34. The van der Waals surface area contributed by atoms with Crippen molar-refractivity contribution in [3.05, 3.63) is 78.0 Å². The molecule has 0 fully saturated rings. The van der Waals surface area contributed by atoms with Crippen LogP contribution in [0.4, 0.5) is 0 Å². The minimum absolute atomic E-state index is 0. The second-order valence-electron chi connectivity index (χ2n) is 6.86. The van der Waals surface area contributed by atoms with E-state index in [9.17, 15) is 9.90 Å². The first-order chi connectivity index (χ1) is 14.1. The van der Waals surface area contributed by atoms with Crippen molar-refractivity contribution in [1.29, 1.82) is 0 Å². The summed E-state index contributed by atoms with van der Waals surface area (Å²) in [5.41, 5.74) is 4.47. The monoisotopic (exact) mass is 433 g/mol. The number of carboxylic acid groups (broad SMARTS) is 1. The van der Waals surface area contributed by atoms with Crippen molar-refractivity contribution in [2.45, 2.75) is 32.9 Å². The number of carbonyl (C=O) groups is 1. The van der Waals surface area contributed by atoms with Gasteiger partial charge in [-0.3, -0.25) is 0 Å². The van der Waals surface area contributed by atoms with Crippen LogP contribution >= 0.6 is 0 Å². The average Bonchev–Trinajstić information content (AvgIpc) is 3.10. The Balaban J connectivity index is 0.00000320. The number of nitrogens with zero attached hydrogens (tertiary/aromatic N) is 1. The van der Waals surface area contributed by atoms with E-state index in [1.54, 1.807) is 6.92 Å². The smallest absolute Gasteiger partial charge is 0.333 e. The van der Waals surface area contributed by atoms with Gasteiger partial charge >= 0.3 is 5.97 Å². The van der Waals surface area contributed by atoms with Crippen molar-refractivity contribution in [1.82, 2.24) is 4.57 Å². The molecule has 1 N–H and O–H groups in total. The molecule has 0 bridgehead atoms. The van der Waals surface area contributed by atoms with Crippen molar-refractivity contribution >= 4 is 43.7 Å². The normalized spacial score (nSPS) is 11.5. The topological polar surface area (TPSA) is 60.7 Å². The summed E-state index contributed by atoms with van der Waals surface area (Å²) in [7, 11) is 0. The molecule has 1 aromatic heterocycles. The molecule has 30 heavy (non-hydrogen) atoms. The van der Waals surface area contributed by atoms with Crippen LogP contribution in [0.15, 0.2) is 66.7 Å². The Hall–Kier alpha value is -1.79. The van der Waals surface area contributed by atoms with Gasteiger partial charge in [0.2, 0.25) is 0 Å². The van der Waals surface area contributed by atoms with Gasteiger partial charge in [-0.1, -0.05) is 42.5 Å². The molecule has 3 rings (SSSR count). The molecule has 1 unspecified atom stereocenters. The van der Waals surface area contributed by atoms with Crippen LogP contribution < -0.4 is 4.74 Å². The van der Waals surface area contributed by atoms with Crippen LogP contribution in [0.5, 0.6) is 5.75 Å². The summed E-state index contributed by atoms with van der Waals surface area (Å²) in [5.74, 6) is -0.174. The molecule has 0 aliphatic heterocycles. The summed E-state index contributed by atoms with van der Waals surface area (Å²) in [6.07, 6.45) is -0.480. The van der Waals surface area contributed by atoms with E-state index in [0.29, 0.717) is 19.6 Å². The van der Waals surface area contributed by atoms with Gasteiger partial charge in [0.05, 0.1) is 6.54 Å². The van der Waals surface area contributed by atoms with Crippen LogP contribution in [0.25, 0.3) is 11.3 Å². The first-order valence-electron chi connectivity index (χ1n) is 9.86. The van der Waals surface area contributed by atoms with E-state index in [-0.39, 0.29) is 37.7 Å². The summed E-state index contributed by atoms with van der Waals surface area (Å²) in [6.45, 7) is 5.56. The molecule has 0 amide bonds. The van der Waals surface area contributed by atoms with Crippen molar-refractivity contribution in [3.8, 4) is 17.0 Å². The maximum absolute atomic E-state index is 11.2. The van der Waals surface area contributed by atoms with Gasteiger partial charge in [0.15, 0.2) is 6.10 Å². The first kappa shape index (κ1) is 24.5. The number of hydrogen-bond donors (Lipinski definition) is 1. The van der Waals surface area contributed by atoms with E-state index in [0.717, 1.165) is 17.9 Å². The largest absolute Gasteiger partial charge is 0.492 e. The standard InChI is InChI=1S/C24H27NO4.Ca/c1-3-28-23(24(26)27)17-19-10-12-21(13-11-19)29-16-15-25-18(2)9-14-22(25)20-7-5-4-6-8-20;/h4-14,23H,3,15-17H2,1-2H3,(H,26,27);. The van der Waals surface area contributed by atoms with Gasteiger partial charge in [-0.2, -0.15) is 0 Å². The SMILES string of the molecule is CCOC(Cc1ccc(OCCn2c(C)ccc2-c2ccccc2)cc1)C(=O)O.[Ca]. The van der Waals surface area contributed by atoms with Gasteiger partial charge in [-0.25, -0.2) is 4.79 Å². The molecule has 0 saturated heterocycles. The predicted molar refractivity (Wildman–Crippen MR) is 119 cm³/mol. The van der Waals surface area contributed by atoms with E-state index in [4.69, 9.17) is 9.47 Å². The Bertz CT molecular complexity index is 922. The van der Waals surface area contributed by atoms with Crippen LogP contribution in [0, 0.1) is 6.92 Å². The van der Waals surface area contributed by atoms with Crippen LogP contribution in [0.1, 0.15) is 18.2 Å². The van der Waals surface area contributed by atoms with Crippen molar-refractivity contribution in [2.75, 3.05) is 13.2 Å². The zero-order valence-corrected chi connectivity index (χ0v) is 19.8. The van der Waals surface area contributed by atoms with Crippen molar-refractivity contribution in [3.63, 3.8) is 0 Å². The number of hydrogen-bond acceptors (Lipinski definition) is 3. The number of ether oxygens (including phenoxy) is 2. The minimum Gasteiger partial charge on any atom is -0.492 e. The number of carboxylic acids is 1. The van der Waals surface area contributed by atoms with Gasteiger partial charge in [0.1, 0.15) is 12.4 Å². The third kappa shape index (κ3) is 6.61. The third-order valence-electron chi connectivity index (χ3n) is 4.84. The summed E-state index contributed by atoms with van der Waals surface area (Å²) in [4.78, 5) is 11.2. The number of aliphatic carboxylic acids is 1. The van der Waals surface area contributed by atoms with Crippen LogP contribution in [0.2, 0.25) is 0 Å². The molecule has 2 aromatic carbocycles. The number of aryl methyl sites for hydroxylation is 1. The molecule has 0 spiro atoms. The Kier molecular flexibility index (Phi) is 9.92. The maximum Gasteiger partial charge on any atom is 0.333 e. The number of benzene rings is 2. The van der Waals surface area contributed by atoms with E-state index >= 15 is 0 Å². The fourth-order valence-electron chi connectivity index (χ4n) is 3.34. The molecule has 3 aromatic rings. The zero-order valence-electron chi connectivity index (χ0n) is 17.6. The third-order valence-corrected chi connectivity index (χ3v) is 4.84. The Morgan fingerprint density at radius 3 is 2.37 bits per heavy atom. The van der Waals surface area contributed by atoms with Crippen LogP contribution in [0.3, 0.4) is 0 Å². The molecule has 5 nitrogen and oxygen atoms in total. The quantitative estimate of drug-likeness (QED) is 0.487. The maximum atomic E-state index is 11.2. The van der Waals surface area contributed by atoms with E-state index in [1.807, 2.05) is 42.5 Å². The second kappa shape index (κ2) is 12.2. The molecule has 0 aliphatic carbocycles. The molecule has 1 atom stereocenters. The summed E-state index contributed by atoms with van der Waals surface area (Å²) >= 11 is 0. The average molecular weight is 434 g/mol. The molecule has 154 valence electrons. The predicted octanol–water partition coefficient (Wildman–Crippen LogP) is 4.19. The minimum atomic E-state index is -0.941. The molecule has 0 saturated carbocycles. The van der Waals surface area contributed by atoms with Gasteiger partial charge in [-0.05, 0) is 49.2 Å². The zero-order chi connectivity index (χ0) is 20.6. The summed E-state index contributed by atoms with van der Waals surface area (Å²) in [5, 5.41) is 9.20. The number of aromatic nitrogens is 1. The van der Waals surface area contributed by atoms with Gasteiger partial charge in [0, 0.05) is 62.2 Å². The van der Waals surface area contributed by atoms with Gasteiger partial charge in [-0.15, -0.1) is 0 Å². The van der Waals surface area contributed by atoms with E-state index < -0.39 is 12.1 Å². The first-order valence-corrected chi connectivity index (χ1v) is 9.86. The molecule has 2 radical (unpaired) electrons. The van der Waals surface area contributed by atoms with Gasteiger partial charge in [0.25, 0.3) is 0 Å². The fraction of sp³-hybridized carbons (Fsp3) is 0.292. The second-order valence-corrected chi connectivity index (χ2v) is 6.86. The Morgan fingerprint density at radius 2 is 1.73 bits per heavy atom. The Morgan fingerprint density at radius 1 is 1.03 bits per heavy atom. The van der Waals surface area contributed by atoms with Gasteiger partial charge < -0.3 is 19.1 Å². The summed E-state index contributed by atoms with van der Waals surface area (Å²) in [6, 6.07) is 22.1. The van der Waals surface area contributed by atoms with E-state index in [2.05, 4.69) is 35.8 Å². The molecular weight excluding hydrogens is 406 g/mol. The van der Waals surface area contributed by atoms with Crippen LogP contribution in [-0.4, -0.2) is 72.7 Å². The molecule has 6 heteroatoms. The van der Waals surface area contributed by atoms with Crippen LogP contribution in [-0.2, 0) is 22.5 Å². The molecule has 1 heterocycles.